The fraction of sp³-hybridized carbons (Fsp3) is 1.00. The van der Waals surface area contributed by atoms with Crippen LogP contribution < -0.4 is 5.32 Å². The molecule has 0 unspecified atom stereocenters. The first-order chi connectivity index (χ1) is 8.84. The van der Waals surface area contributed by atoms with Gasteiger partial charge in [0.05, 0.1) is 6.61 Å². The molecule has 2 aliphatic carbocycles. The van der Waals surface area contributed by atoms with Crippen LogP contribution in [0.1, 0.15) is 38.5 Å². The molecule has 3 heteroatoms. The number of ether oxygens (including phenoxy) is 1. The monoisotopic (exact) mass is 254 g/mol. The van der Waals surface area contributed by atoms with Gasteiger partial charge in [-0.25, -0.2) is 0 Å². The Bertz CT molecular complexity index is 213. The third-order valence-corrected chi connectivity index (χ3v) is 4.25. The summed E-state index contributed by atoms with van der Waals surface area (Å²) in [5.74, 6) is 1.85. The molecule has 0 bridgehead atoms. The van der Waals surface area contributed by atoms with Gasteiger partial charge in [-0.05, 0) is 51.1 Å². The van der Waals surface area contributed by atoms with Crippen molar-refractivity contribution in [1.82, 2.24) is 10.2 Å². The molecule has 0 spiro atoms. The van der Waals surface area contributed by atoms with E-state index in [0.29, 0.717) is 0 Å². The molecular weight excluding hydrogens is 224 g/mol. The van der Waals surface area contributed by atoms with Gasteiger partial charge in [-0.2, -0.15) is 0 Å². The van der Waals surface area contributed by atoms with E-state index in [1.165, 1.54) is 45.1 Å². The van der Waals surface area contributed by atoms with Gasteiger partial charge in [-0.15, -0.1) is 0 Å². The average molecular weight is 254 g/mol. The lowest BCUT2D eigenvalue weighted by Gasteiger charge is -2.18. The molecule has 0 aromatic rings. The molecule has 0 heterocycles. The maximum atomic E-state index is 5.65. The predicted octanol–water partition coefficient (Wildman–Crippen LogP) is 2.12. The van der Waals surface area contributed by atoms with E-state index in [-0.39, 0.29) is 0 Å². The summed E-state index contributed by atoms with van der Waals surface area (Å²) in [5.41, 5.74) is 0. The average Bonchev–Trinajstić information content (AvgIpc) is 3.05. The molecule has 0 aromatic carbocycles. The highest BCUT2D eigenvalue weighted by molar-refractivity contribution is 4.72. The van der Waals surface area contributed by atoms with Crippen LogP contribution in [-0.2, 0) is 4.74 Å². The highest BCUT2D eigenvalue weighted by atomic mass is 16.5. The number of nitrogens with zero attached hydrogens (tertiary/aromatic N) is 1. The maximum absolute atomic E-state index is 5.65. The van der Waals surface area contributed by atoms with Crippen molar-refractivity contribution in [2.24, 2.45) is 11.8 Å². The summed E-state index contributed by atoms with van der Waals surface area (Å²) in [5, 5.41) is 3.59. The van der Waals surface area contributed by atoms with Gasteiger partial charge in [-0.3, -0.25) is 0 Å². The lowest BCUT2D eigenvalue weighted by atomic mass is 10.1. The number of hydrogen-bond acceptors (Lipinski definition) is 3. The van der Waals surface area contributed by atoms with Crippen LogP contribution in [0.15, 0.2) is 0 Å². The van der Waals surface area contributed by atoms with Crippen LogP contribution in [0, 0.1) is 11.8 Å². The molecule has 0 amide bonds. The fourth-order valence-electron chi connectivity index (χ4n) is 2.66. The molecular formula is C15H30N2O. The second kappa shape index (κ2) is 8.13. The third kappa shape index (κ3) is 6.17. The fourth-order valence-corrected chi connectivity index (χ4v) is 2.66. The molecule has 0 saturated heterocycles. The van der Waals surface area contributed by atoms with Gasteiger partial charge in [0.15, 0.2) is 0 Å². The summed E-state index contributed by atoms with van der Waals surface area (Å²) in [4.78, 5) is 2.37. The lowest BCUT2D eigenvalue weighted by molar-refractivity contribution is 0.103. The van der Waals surface area contributed by atoms with Gasteiger partial charge in [0.1, 0.15) is 0 Å². The van der Waals surface area contributed by atoms with Crippen molar-refractivity contribution in [3.05, 3.63) is 0 Å². The Morgan fingerprint density at radius 2 is 1.83 bits per heavy atom. The van der Waals surface area contributed by atoms with E-state index in [2.05, 4.69) is 17.3 Å². The first kappa shape index (κ1) is 14.3. The molecule has 0 aromatic heterocycles. The highest BCUT2D eigenvalue weighted by Gasteiger charge is 2.20. The molecule has 2 fully saturated rings. The Morgan fingerprint density at radius 1 is 1.06 bits per heavy atom. The first-order valence-electron chi connectivity index (χ1n) is 7.81. The van der Waals surface area contributed by atoms with Crippen LogP contribution in [0.3, 0.4) is 0 Å². The normalized spacial score (nSPS) is 21.0. The molecule has 3 nitrogen and oxygen atoms in total. The van der Waals surface area contributed by atoms with E-state index in [1.54, 1.807) is 0 Å². The quantitative estimate of drug-likeness (QED) is 0.604. The molecule has 0 radical (unpaired) electrons. The number of rotatable bonds is 10. The highest BCUT2D eigenvalue weighted by Crippen LogP contribution is 2.28. The Morgan fingerprint density at radius 3 is 2.56 bits per heavy atom. The van der Waals surface area contributed by atoms with Crippen molar-refractivity contribution in [3.63, 3.8) is 0 Å². The smallest absolute Gasteiger partial charge is 0.0593 e. The Hall–Kier alpha value is -0.120. The zero-order valence-corrected chi connectivity index (χ0v) is 12.0. The number of hydrogen-bond donors (Lipinski definition) is 1. The molecule has 106 valence electrons. The van der Waals surface area contributed by atoms with Crippen LogP contribution in [0.4, 0.5) is 0 Å². The molecule has 0 aliphatic heterocycles. The van der Waals surface area contributed by atoms with Gasteiger partial charge in [-0.1, -0.05) is 12.8 Å². The topological polar surface area (TPSA) is 24.5 Å². The molecule has 2 aliphatic rings. The summed E-state index contributed by atoms with van der Waals surface area (Å²) in [7, 11) is 2.19. The van der Waals surface area contributed by atoms with Crippen LogP contribution >= 0.6 is 0 Å². The summed E-state index contributed by atoms with van der Waals surface area (Å²) in [6, 6.07) is 0. The predicted molar refractivity (Wildman–Crippen MR) is 75.9 cm³/mol. The van der Waals surface area contributed by atoms with Gasteiger partial charge < -0.3 is 15.0 Å². The van der Waals surface area contributed by atoms with E-state index in [4.69, 9.17) is 4.74 Å². The maximum Gasteiger partial charge on any atom is 0.0593 e. The van der Waals surface area contributed by atoms with E-state index in [0.717, 1.165) is 44.7 Å². The second-order valence-electron chi connectivity index (χ2n) is 6.18. The third-order valence-electron chi connectivity index (χ3n) is 4.25. The van der Waals surface area contributed by atoms with E-state index >= 15 is 0 Å². The minimum atomic E-state index is 0.892. The van der Waals surface area contributed by atoms with Gasteiger partial charge in [0.2, 0.25) is 0 Å². The van der Waals surface area contributed by atoms with Crippen LogP contribution in [0.2, 0.25) is 0 Å². The number of nitrogens with one attached hydrogen (secondary N) is 1. The summed E-state index contributed by atoms with van der Waals surface area (Å²) < 4.78 is 5.65. The van der Waals surface area contributed by atoms with Crippen LogP contribution in [-0.4, -0.2) is 51.3 Å². The van der Waals surface area contributed by atoms with E-state index < -0.39 is 0 Å². The van der Waals surface area contributed by atoms with Crippen molar-refractivity contribution in [2.45, 2.75) is 38.5 Å². The summed E-state index contributed by atoms with van der Waals surface area (Å²) >= 11 is 0. The zero-order valence-electron chi connectivity index (χ0n) is 12.0. The van der Waals surface area contributed by atoms with E-state index in [1.807, 2.05) is 0 Å². The van der Waals surface area contributed by atoms with Gasteiger partial charge >= 0.3 is 0 Å². The van der Waals surface area contributed by atoms with Crippen molar-refractivity contribution in [1.29, 1.82) is 0 Å². The van der Waals surface area contributed by atoms with Gasteiger partial charge in [0.25, 0.3) is 0 Å². The molecule has 18 heavy (non-hydrogen) atoms. The molecule has 0 atom stereocenters. The zero-order chi connectivity index (χ0) is 12.6. The van der Waals surface area contributed by atoms with Crippen molar-refractivity contribution in [2.75, 3.05) is 46.4 Å². The SMILES string of the molecule is CN(CCNCC1CCCC1)CCOCC1CC1. The standard InChI is InChI=1S/C15H30N2O/c1-17(10-11-18-13-15-6-7-15)9-8-16-12-14-4-2-3-5-14/h14-16H,2-13H2,1H3. The summed E-state index contributed by atoms with van der Waals surface area (Å²) in [6.45, 7) is 6.45. The van der Waals surface area contributed by atoms with E-state index in [9.17, 15) is 0 Å². The Balaban J connectivity index is 1.35. The molecule has 2 saturated carbocycles. The molecule has 1 N–H and O–H groups in total. The van der Waals surface area contributed by atoms with Crippen molar-refractivity contribution >= 4 is 0 Å². The van der Waals surface area contributed by atoms with Crippen molar-refractivity contribution < 1.29 is 4.74 Å². The first-order valence-corrected chi connectivity index (χ1v) is 7.81. The lowest BCUT2D eigenvalue weighted by Crippen LogP contribution is -2.33. The second-order valence-corrected chi connectivity index (χ2v) is 6.18. The summed E-state index contributed by atoms with van der Waals surface area (Å²) in [6.07, 6.45) is 8.56. The minimum absolute atomic E-state index is 0.892. The van der Waals surface area contributed by atoms with Gasteiger partial charge in [0, 0.05) is 26.2 Å². The van der Waals surface area contributed by atoms with Crippen molar-refractivity contribution in [3.8, 4) is 0 Å². The van der Waals surface area contributed by atoms with Crippen LogP contribution in [0.25, 0.3) is 0 Å². The number of likely N-dealkylation sites (N-methyl/N-ethyl adjacent to an activating group) is 1. The Kier molecular flexibility index (Phi) is 6.46. The van der Waals surface area contributed by atoms with Crippen LogP contribution in [0.5, 0.6) is 0 Å². The largest absolute Gasteiger partial charge is 0.380 e. The Labute approximate surface area is 112 Å². The minimum Gasteiger partial charge on any atom is -0.380 e. The molecule has 2 rings (SSSR count).